The van der Waals surface area contributed by atoms with E-state index < -0.39 is 24.7 Å². The van der Waals surface area contributed by atoms with Crippen LogP contribution in [0.4, 0.5) is 18.9 Å². The Morgan fingerprint density at radius 3 is 2.35 bits per heavy atom. The molecule has 1 amide bonds. The van der Waals surface area contributed by atoms with E-state index in [-0.39, 0.29) is 6.54 Å². The SMILES string of the molecule is COc1cc(NC2CCCN(CC(F)(F)F)C2=O)cc(OC)c1. The minimum absolute atomic E-state index is 0.123. The normalized spacial score (nSPS) is 18.7. The Balaban J connectivity index is 2.11. The van der Waals surface area contributed by atoms with Gasteiger partial charge in [0, 0.05) is 30.4 Å². The van der Waals surface area contributed by atoms with E-state index in [4.69, 9.17) is 9.47 Å². The van der Waals surface area contributed by atoms with Crippen molar-refractivity contribution in [3.05, 3.63) is 18.2 Å². The second-order valence-electron chi connectivity index (χ2n) is 5.32. The molecule has 5 nitrogen and oxygen atoms in total. The first-order chi connectivity index (χ1) is 10.8. The van der Waals surface area contributed by atoms with Crippen molar-refractivity contribution in [1.82, 2.24) is 4.90 Å². The van der Waals surface area contributed by atoms with E-state index in [2.05, 4.69) is 5.32 Å². The van der Waals surface area contributed by atoms with Crippen LogP contribution in [0.5, 0.6) is 11.5 Å². The minimum atomic E-state index is -4.39. The van der Waals surface area contributed by atoms with Gasteiger partial charge in [0.25, 0.3) is 0 Å². The lowest BCUT2D eigenvalue weighted by Gasteiger charge is -2.33. The first kappa shape index (κ1) is 17.2. The van der Waals surface area contributed by atoms with Crippen molar-refractivity contribution in [1.29, 1.82) is 0 Å². The Morgan fingerprint density at radius 2 is 1.83 bits per heavy atom. The number of nitrogens with zero attached hydrogens (tertiary/aromatic N) is 1. The highest BCUT2D eigenvalue weighted by molar-refractivity contribution is 5.85. The molecule has 1 fully saturated rings. The lowest BCUT2D eigenvalue weighted by molar-refractivity contribution is -0.163. The first-order valence-corrected chi connectivity index (χ1v) is 7.17. The molecule has 1 unspecified atom stereocenters. The van der Waals surface area contributed by atoms with Gasteiger partial charge in [-0.05, 0) is 12.8 Å². The van der Waals surface area contributed by atoms with Crippen LogP contribution in [0, 0.1) is 0 Å². The van der Waals surface area contributed by atoms with Gasteiger partial charge in [0.15, 0.2) is 0 Å². The third-order valence-electron chi connectivity index (χ3n) is 3.59. The van der Waals surface area contributed by atoms with Gasteiger partial charge >= 0.3 is 6.18 Å². The second-order valence-corrected chi connectivity index (χ2v) is 5.32. The molecule has 0 radical (unpaired) electrons. The van der Waals surface area contributed by atoms with Crippen molar-refractivity contribution < 1.29 is 27.4 Å². The van der Waals surface area contributed by atoms with Crippen molar-refractivity contribution in [3.8, 4) is 11.5 Å². The van der Waals surface area contributed by atoms with E-state index in [0.29, 0.717) is 30.0 Å². The van der Waals surface area contributed by atoms with Crippen LogP contribution in [0.15, 0.2) is 18.2 Å². The summed E-state index contributed by atoms with van der Waals surface area (Å²) in [5, 5.41) is 2.98. The van der Waals surface area contributed by atoms with E-state index in [1.54, 1.807) is 18.2 Å². The quantitative estimate of drug-likeness (QED) is 0.901. The smallest absolute Gasteiger partial charge is 0.406 e. The highest BCUT2D eigenvalue weighted by Crippen LogP contribution is 2.28. The van der Waals surface area contributed by atoms with Gasteiger partial charge in [-0.25, -0.2) is 0 Å². The second kappa shape index (κ2) is 6.97. The van der Waals surface area contributed by atoms with E-state index in [1.807, 2.05) is 0 Å². The average Bonchev–Trinajstić information content (AvgIpc) is 2.49. The van der Waals surface area contributed by atoms with Crippen LogP contribution < -0.4 is 14.8 Å². The van der Waals surface area contributed by atoms with Crippen LogP contribution in [-0.4, -0.2) is 50.3 Å². The number of likely N-dealkylation sites (tertiary alicyclic amines) is 1. The highest BCUT2D eigenvalue weighted by Gasteiger charge is 2.37. The summed E-state index contributed by atoms with van der Waals surface area (Å²) in [5.74, 6) is 0.514. The first-order valence-electron chi connectivity index (χ1n) is 7.17. The van der Waals surface area contributed by atoms with Crippen LogP contribution in [-0.2, 0) is 4.79 Å². The number of hydrogen-bond acceptors (Lipinski definition) is 4. The number of amides is 1. The molecule has 1 heterocycles. The van der Waals surface area contributed by atoms with E-state index in [0.717, 1.165) is 4.90 Å². The number of carbonyl (C=O) groups is 1. The summed E-state index contributed by atoms with van der Waals surface area (Å²) in [6.45, 7) is -1.09. The predicted molar refractivity (Wildman–Crippen MR) is 78.8 cm³/mol. The summed E-state index contributed by atoms with van der Waals surface area (Å²) in [7, 11) is 2.99. The van der Waals surface area contributed by atoms with Crippen molar-refractivity contribution in [2.24, 2.45) is 0 Å². The summed E-state index contributed by atoms with van der Waals surface area (Å²) in [4.78, 5) is 13.1. The lowest BCUT2D eigenvalue weighted by Crippen LogP contribution is -2.50. The number of nitrogens with one attached hydrogen (secondary N) is 1. The van der Waals surface area contributed by atoms with Crippen LogP contribution in [0.3, 0.4) is 0 Å². The molecule has 23 heavy (non-hydrogen) atoms. The molecule has 0 saturated carbocycles. The fourth-order valence-corrected chi connectivity index (χ4v) is 2.54. The number of benzene rings is 1. The topological polar surface area (TPSA) is 50.8 Å². The molecular formula is C15H19F3N2O3. The number of ether oxygens (including phenoxy) is 2. The van der Waals surface area contributed by atoms with Crippen molar-refractivity contribution in [2.75, 3.05) is 32.6 Å². The highest BCUT2D eigenvalue weighted by atomic mass is 19.4. The summed E-state index contributed by atoms with van der Waals surface area (Å²) in [5.41, 5.74) is 0.563. The number of carbonyl (C=O) groups excluding carboxylic acids is 1. The Labute approximate surface area is 132 Å². The van der Waals surface area contributed by atoms with Gasteiger partial charge in [-0.15, -0.1) is 0 Å². The molecule has 1 N–H and O–H groups in total. The molecule has 1 aliphatic rings. The molecule has 0 aliphatic carbocycles. The molecular weight excluding hydrogens is 313 g/mol. The van der Waals surface area contributed by atoms with Gasteiger partial charge < -0.3 is 19.7 Å². The summed E-state index contributed by atoms with van der Waals surface area (Å²) in [6.07, 6.45) is -3.40. The van der Waals surface area contributed by atoms with E-state index in [1.165, 1.54) is 14.2 Å². The van der Waals surface area contributed by atoms with Gasteiger partial charge in [0.2, 0.25) is 5.91 Å². The maximum atomic E-state index is 12.5. The van der Waals surface area contributed by atoms with Gasteiger partial charge in [-0.3, -0.25) is 4.79 Å². The standard InChI is InChI=1S/C15H19F3N2O3/c1-22-11-6-10(7-12(8-11)23-2)19-13-4-3-5-20(14(13)21)9-15(16,17)18/h6-8,13,19H,3-5,9H2,1-2H3. The average molecular weight is 332 g/mol. The Kier molecular flexibility index (Phi) is 5.23. The van der Waals surface area contributed by atoms with Crippen LogP contribution in [0.25, 0.3) is 0 Å². The van der Waals surface area contributed by atoms with Gasteiger partial charge in [-0.2, -0.15) is 13.2 Å². The number of hydrogen-bond donors (Lipinski definition) is 1. The Morgan fingerprint density at radius 1 is 1.22 bits per heavy atom. The van der Waals surface area contributed by atoms with Crippen molar-refractivity contribution in [3.63, 3.8) is 0 Å². The maximum absolute atomic E-state index is 12.5. The molecule has 2 rings (SSSR count). The number of rotatable bonds is 5. The largest absolute Gasteiger partial charge is 0.497 e. The third kappa shape index (κ3) is 4.67. The fourth-order valence-electron chi connectivity index (χ4n) is 2.54. The number of halogens is 3. The molecule has 8 heteroatoms. The zero-order valence-electron chi connectivity index (χ0n) is 12.9. The molecule has 0 bridgehead atoms. The van der Waals surface area contributed by atoms with Gasteiger partial charge in [0.05, 0.1) is 14.2 Å². The van der Waals surface area contributed by atoms with Crippen LogP contribution in [0.1, 0.15) is 12.8 Å². The summed E-state index contributed by atoms with van der Waals surface area (Å²) in [6, 6.07) is 4.31. The fraction of sp³-hybridized carbons (Fsp3) is 0.533. The summed E-state index contributed by atoms with van der Waals surface area (Å²) < 4.78 is 47.8. The molecule has 1 aliphatic heterocycles. The van der Waals surface area contributed by atoms with Crippen LogP contribution >= 0.6 is 0 Å². The molecule has 0 spiro atoms. The predicted octanol–water partition coefficient (Wildman–Crippen LogP) is 2.67. The monoisotopic (exact) mass is 332 g/mol. The van der Waals surface area contributed by atoms with Crippen molar-refractivity contribution >= 4 is 11.6 Å². The molecule has 1 aromatic carbocycles. The summed E-state index contributed by atoms with van der Waals surface area (Å²) >= 11 is 0. The van der Waals surface area contributed by atoms with Gasteiger partial charge in [0.1, 0.15) is 24.1 Å². The molecule has 1 atom stereocenters. The van der Waals surface area contributed by atoms with E-state index in [9.17, 15) is 18.0 Å². The third-order valence-corrected chi connectivity index (χ3v) is 3.59. The van der Waals surface area contributed by atoms with E-state index >= 15 is 0 Å². The number of alkyl halides is 3. The molecule has 0 aromatic heterocycles. The molecule has 1 saturated heterocycles. The molecule has 128 valence electrons. The van der Waals surface area contributed by atoms with Crippen molar-refractivity contribution in [2.45, 2.75) is 25.1 Å². The number of anilines is 1. The lowest BCUT2D eigenvalue weighted by atomic mass is 10.0. The van der Waals surface area contributed by atoms with Crippen LogP contribution in [0.2, 0.25) is 0 Å². The Bertz CT molecular complexity index is 541. The molecule has 1 aromatic rings. The maximum Gasteiger partial charge on any atom is 0.406 e. The Hall–Kier alpha value is -2.12. The number of methoxy groups -OCH3 is 2. The number of piperidine rings is 1. The zero-order valence-corrected chi connectivity index (χ0v) is 12.9. The minimum Gasteiger partial charge on any atom is -0.497 e. The van der Waals surface area contributed by atoms with Gasteiger partial charge in [-0.1, -0.05) is 0 Å². The zero-order chi connectivity index (χ0) is 17.0.